The number of carbonyl (C=O) groups is 1. The van der Waals surface area contributed by atoms with Crippen LogP contribution in [-0.2, 0) is 17.6 Å². The van der Waals surface area contributed by atoms with E-state index in [1.165, 1.54) is 24.1 Å². The quantitative estimate of drug-likeness (QED) is 0.901. The predicted molar refractivity (Wildman–Crippen MR) is 96.3 cm³/mol. The summed E-state index contributed by atoms with van der Waals surface area (Å²) in [5.41, 5.74) is 7.06. The maximum atomic E-state index is 12.1. The van der Waals surface area contributed by atoms with Gasteiger partial charge in [-0.1, -0.05) is 6.92 Å². The van der Waals surface area contributed by atoms with Crippen molar-refractivity contribution >= 4 is 22.6 Å². The predicted octanol–water partition coefficient (Wildman–Crippen LogP) is 2.53. The average molecular weight is 353 g/mol. The van der Waals surface area contributed by atoms with E-state index in [4.69, 9.17) is 10.5 Å². The molecule has 0 saturated carbocycles. The molecular weight excluding hydrogens is 324 g/mol. The van der Waals surface area contributed by atoms with Crippen molar-refractivity contribution in [3.63, 3.8) is 0 Å². The Bertz CT molecular complexity index is 577. The number of piperidine rings is 1. The molecule has 1 aliphatic carbocycles. The third kappa shape index (κ3) is 3.67. The minimum atomic E-state index is -0.183. The van der Waals surface area contributed by atoms with Crippen LogP contribution in [-0.4, -0.2) is 59.7 Å². The first-order valence-electron chi connectivity index (χ1n) is 8.95. The minimum absolute atomic E-state index is 0.183. The summed E-state index contributed by atoms with van der Waals surface area (Å²) in [4.78, 5) is 22.3. The first-order chi connectivity index (χ1) is 11.6. The van der Waals surface area contributed by atoms with Crippen LogP contribution in [0, 0.1) is 0 Å². The molecule has 6 nitrogen and oxygen atoms in total. The number of aryl methyl sites for hydroxylation is 1. The van der Waals surface area contributed by atoms with Crippen LogP contribution in [0.5, 0.6) is 0 Å². The van der Waals surface area contributed by atoms with Gasteiger partial charge < -0.3 is 15.4 Å². The lowest BCUT2D eigenvalue weighted by Gasteiger charge is -2.40. The summed E-state index contributed by atoms with van der Waals surface area (Å²) in [5, 5.41) is 0.688. The van der Waals surface area contributed by atoms with Crippen molar-refractivity contribution in [2.24, 2.45) is 0 Å². The average Bonchev–Trinajstić information content (AvgIpc) is 2.98. The number of nitrogens with zero attached hydrogens (tertiary/aromatic N) is 3. The van der Waals surface area contributed by atoms with Crippen LogP contribution in [0.15, 0.2) is 0 Å². The Kier molecular flexibility index (Phi) is 5.61. The van der Waals surface area contributed by atoms with Gasteiger partial charge in [0.1, 0.15) is 0 Å². The summed E-state index contributed by atoms with van der Waals surface area (Å²) in [7, 11) is 1.47. The van der Waals surface area contributed by atoms with Crippen LogP contribution in [0.25, 0.3) is 0 Å². The number of thiazole rings is 1. The fourth-order valence-electron chi connectivity index (χ4n) is 4.04. The van der Waals surface area contributed by atoms with E-state index in [1.807, 2.05) is 4.90 Å². The van der Waals surface area contributed by atoms with E-state index >= 15 is 0 Å². The molecule has 3 rings (SSSR count). The van der Waals surface area contributed by atoms with Crippen LogP contribution in [0.4, 0.5) is 9.93 Å². The van der Waals surface area contributed by atoms with Crippen LogP contribution in [0.1, 0.15) is 43.2 Å². The third-order valence-electron chi connectivity index (χ3n) is 5.33. The number of hydrogen-bond acceptors (Lipinski definition) is 6. The number of aromatic nitrogens is 1. The minimum Gasteiger partial charge on any atom is -0.453 e. The van der Waals surface area contributed by atoms with E-state index in [2.05, 4.69) is 16.8 Å². The highest BCUT2D eigenvalue weighted by molar-refractivity contribution is 7.15. The van der Waals surface area contributed by atoms with E-state index in [1.54, 1.807) is 11.3 Å². The monoisotopic (exact) mass is 352 g/mol. The van der Waals surface area contributed by atoms with E-state index < -0.39 is 0 Å². The molecule has 0 spiro atoms. The summed E-state index contributed by atoms with van der Waals surface area (Å²) in [6.45, 7) is 4.95. The number of hydrogen-bond donors (Lipinski definition) is 1. The number of likely N-dealkylation sites (N-methyl/N-ethyl adjacent to an activating group) is 1. The number of fused-ring (bicyclic) bond motifs is 1. The van der Waals surface area contributed by atoms with Gasteiger partial charge in [-0.2, -0.15) is 0 Å². The van der Waals surface area contributed by atoms with Crippen molar-refractivity contribution in [3.05, 3.63) is 10.6 Å². The second-order valence-electron chi connectivity index (χ2n) is 6.72. The molecule has 1 aromatic heterocycles. The molecule has 134 valence electrons. The zero-order valence-electron chi connectivity index (χ0n) is 14.7. The van der Waals surface area contributed by atoms with Crippen molar-refractivity contribution in [1.82, 2.24) is 14.8 Å². The van der Waals surface area contributed by atoms with Gasteiger partial charge in [0.15, 0.2) is 5.13 Å². The molecule has 0 radical (unpaired) electrons. The van der Waals surface area contributed by atoms with E-state index in [0.29, 0.717) is 11.2 Å². The number of methoxy groups -OCH3 is 1. The SMILES string of the molecule is CCN(CC1CCCCN1C(=O)OC)C1CCc2nc(N)sc2C1. The van der Waals surface area contributed by atoms with E-state index in [0.717, 1.165) is 51.7 Å². The van der Waals surface area contributed by atoms with E-state index in [9.17, 15) is 4.79 Å². The molecule has 1 aromatic rings. The van der Waals surface area contributed by atoms with Crippen LogP contribution in [0.3, 0.4) is 0 Å². The van der Waals surface area contributed by atoms with Gasteiger partial charge in [-0.05, 0) is 45.1 Å². The van der Waals surface area contributed by atoms with Crippen molar-refractivity contribution in [2.45, 2.75) is 57.5 Å². The molecular formula is C17H28N4O2S. The second-order valence-corrected chi connectivity index (χ2v) is 7.83. The summed E-state index contributed by atoms with van der Waals surface area (Å²) >= 11 is 1.63. The maximum absolute atomic E-state index is 12.1. The fourth-order valence-corrected chi connectivity index (χ4v) is 4.99. The van der Waals surface area contributed by atoms with Crippen molar-refractivity contribution in [2.75, 3.05) is 32.5 Å². The molecule has 2 unspecified atom stereocenters. The maximum Gasteiger partial charge on any atom is 0.409 e. The lowest BCUT2D eigenvalue weighted by Crippen LogP contribution is -2.52. The molecule has 2 aliphatic rings. The first kappa shape index (κ1) is 17.5. The number of amides is 1. The Hall–Kier alpha value is -1.34. The largest absolute Gasteiger partial charge is 0.453 e. The van der Waals surface area contributed by atoms with Gasteiger partial charge in [-0.15, -0.1) is 11.3 Å². The number of anilines is 1. The van der Waals surface area contributed by atoms with Crippen molar-refractivity contribution in [1.29, 1.82) is 0 Å². The molecule has 0 aromatic carbocycles. The molecule has 0 bridgehead atoms. The molecule has 7 heteroatoms. The molecule has 1 amide bonds. The summed E-state index contributed by atoms with van der Waals surface area (Å²) in [6, 6.07) is 0.780. The van der Waals surface area contributed by atoms with Crippen molar-refractivity contribution in [3.8, 4) is 0 Å². The Morgan fingerprint density at radius 3 is 3.04 bits per heavy atom. The molecule has 1 fully saturated rings. The van der Waals surface area contributed by atoms with Crippen LogP contribution in [0.2, 0.25) is 0 Å². The number of nitrogen functional groups attached to an aromatic ring is 1. The molecule has 24 heavy (non-hydrogen) atoms. The first-order valence-corrected chi connectivity index (χ1v) is 9.76. The Labute approximate surface area is 148 Å². The van der Waals surface area contributed by atoms with Gasteiger partial charge in [0.05, 0.1) is 12.8 Å². The summed E-state index contributed by atoms with van der Waals surface area (Å²) < 4.78 is 4.98. The Morgan fingerprint density at radius 2 is 2.29 bits per heavy atom. The highest BCUT2D eigenvalue weighted by atomic mass is 32.1. The zero-order valence-corrected chi connectivity index (χ0v) is 15.5. The highest BCUT2D eigenvalue weighted by Crippen LogP contribution is 2.31. The normalized spacial score (nSPS) is 24.0. The van der Waals surface area contributed by atoms with Gasteiger partial charge in [0, 0.05) is 30.1 Å². The lowest BCUT2D eigenvalue weighted by molar-refractivity contribution is 0.0638. The van der Waals surface area contributed by atoms with E-state index in [-0.39, 0.29) is 12.1 Å². The smallest absolute Gasteiger partial charge is 0.409 e. The molecule has 1 aliphatic heterocycles. The summed E-state index contributed by atoms with van der Waals surface area (Å²) in [5.74, 6) is 0. The molecule has 2 heterocycles. The van der Waals surface area contributed by atoms with Gasteiger partial charge in [-0.25, -0.2) is 9.78 Å². The second kappa shape index (κ2) is 7.70. The highest BCUT2D eigenvalue weighted by Gasteiger charge is 2.32. The zero-order chi connectivity index (χ0) is 17.1. The number of likely N-dealkylation sites (tertiary alicyclic amines) is 1. The molecule has 1 saturated heterocycles. The van der Waals surface area contributed by atoms with Crippen LogP contribution < -0.4 is 5.73 Å². The number of carbonyl (C=O) groups excluding carboxylic acids is 1. The third-order valence-corrected chi connectivity index (χ3v) is 6.28. The number of rotatable bonds is 4. The van der Waals surface area contributed by atoms with Crippen molar-refractivity contribution < 1.29 is 9.53 Å². The number of nitrogens with two attached hydrogens (primary N) is 1. The van der Waals surface area contributed by atoms with Crippen LogP contribution >= 0.6 is 11.3 Å². The Morgan fingerprint density at radius 1 is 1.46 bits per heavy atom. The topological polar surface area (TPSA) is 71.7 Å². The summed E-state index contributed by atoms with van der Waals surface area (Å²) in [6.07, 6.45) is 6.31. The van der Waals surface area contributed by atoms with Gasteiger partial charge >= 0.3 is 6.09 Å². The number of ether oxygens (including phenoxy) is 1. The molecule has 2 atom stereocenters. The standard InChI is InChI=1S/C17H28N4O2S/c1-3-20(11-13-6-4-5-9-21(13)17(22)23-2)12-7-8-14-15(10-12)24-16(18)19-14/h12-13H,3-11H2,1-2H3,(H2,18,19). The van der Waals surface area contributed by atoms with Gasteiger partial charge in [0.25, 0.3) is 0 Å². The molecule has 2 N–H and O–H groups in total. The lowest BCUT2D eigenvalue weighted by atomic mass is 9.94. The van der Waals surface area contributed by atoms with Gasteiger partial charge in [0.2, 0.25) is 0 Å². The van der Waals surface area contributed by atoms with Gasteiger partial charge in [-0.3, -0.25) is 4.90 Å². The fraction of sp³-hybridized carbons (Fsp3) is 0.765. The Balaban J connectivity index is 1.66.